The second kappa shape index (κ2) is 11.2. The van der Waals surface area contributed by atoms with Gasteiger partial charge in [-0.15, -0.1) is 0 Å². The fraction of sp³-hybridized carbons (Fsp3) is 1.00. The van der Waals surface area contributed by atoms with Crippen LogP contribution in [0.15, 0.2) is 0 Å². The molecule has 0 aromatic heterocycles. The van der Waals surface area contributed by atoms with E-state index in [9.17, 15) is 51.1 Å². The summed E-state index contributed by atoms with van der Waals surface area (Å²) in [4.78, 5) is 0. The quantitative estimate of drug-likeness (QED) is 0.130. The third-order valence-corrected chi connectivity index (χ3v) is 6.18. The lowest BCUT2D eigenvalue weighted by Crippen LogP contribution is -2.63. The first-order valence-corrected chi connectivity index (χ1v) is 10.6. The highest BCUT2D eigenvalue weighted by atomic mass is 16.8. The molecule has 0 aromatic rings. The van der Waals surface area contributed by atoms with E-state index in [0.29, 0.717) is 0 Å². The molecule has 1 unspecified atom stereocenters. The highest BCUT2D eigenvalue weighted by molar-refractivity contribution is 4.98. The van der Waals surface area contributed by atoms with Gasteiger partial charge in [-0.2, -0.15) is 0 Å². The topological polar surface area (TPSA) is 269 Å². The van der Waals surface area contributed by atoms with Gasteiger partial charge in [0.15, 0.2) is 12.6 Å². The van der Waals surface area contributed by atoms with E-state index in [1.54, 1.807) is 0 Å². The first-order chi connectivity index (χ1) is 16.0. The van der Waals surface area contributed by atoms with E-state index in [1.165, 1.54) is 0 Å². The first kappa shape index (κ1) is 27.9. The van der Waals surface area contributed by atoms with Crippen LogP contribution in [0.25, 0.3) is 0 Å². The summed E-state index contributed by atoms with van der Waals surface area (Å²) in [7, 11) is 0. The van der Waals surface area contributed by atoms with Gasteiger partial charge in [0, 0.05) is 0 Å². The fourth-order valence-electron chi connectivity index (χ4n) is 4.07. The minimum absolute atomic E-state index is 0.638. The molecule has 0 radical (unpaired) electrons. The lowest BCUT2D eigenvalue weighted by molar-refractivity contribution is -0.386. The minimum Gasteiger partial charge on any atom is -0.394 e. The predicted octanol–water partition coefficient (Wildman–Crippen LogP) is -7.57. The van der Waals surface area contributed by atoms with Crippen LogP contribution < -0.4 is 0 Å². The number of aliphatic hydroxyl groups is 11. The summed E-state index contributed by atoms with van der Waals surface area (Å²) in [6.07, 6.45) is -21.5. The highest BCUT2D eigenvalue weighted by Gasteiger charge is 2.58. The summed E-state index contributed by atoms with van der Waals surface area (Å²) < 4.78 is 26.2. The van der Waals surface area contributed by atoms with Gasteiger partial charge >= 0.3 is 0 Å². The zero-order valence-corrected chi connectivity index (χ0v) is 17.8. The van der Waals surface area contributed by atoms with Crippen molar-refractivity contribution in [1.82, 2.24) is 0 Å². The summed E-state index contributed by atoms with van der Waals surface area (Å²) in [5.74, 6) is -2.36. The average Bonchev–Trinajstić information content (AvgIpc) is 3.26. The van der Waals surface area contributed by atoms with Gasteiger partial charge in [-0.1, -0.05) is 0 Å². The van der Waals surface area contributed by atoms with Gasteiger partial charge in [-0.25, -0.2) is 0 Å². The first-order valence-electron chi connectivity index (χ1n) is 10.6. The van der Waals surface area contributed by atoms with Crippen molar-refractivity contribution in [2.45, 2.75) is 85.5 Å². The minimum atomic E-state index is -2.36. The number of aliphatic hydroxyl groups excluding tert-OH is 11. The van der Waals surface area contributed by atoms with Gasteiger partial charge in [0.1, 0.15) is 73.8 Å². The molecule has 0 aromatic carbocycles. The molecule has 0 bridgehead atoms. The van der Waals surface area contributed by atoms with E-state index >= 15 is 0 Å². The van der Waals surface area contributed by atoms with Crippen LogP contribution in [-0.2, 0) is 23.7 Å². The third-order valence-electron chi connectivity index (χ3n) is 6.18. The van der Waals surface area contributed by atoms with Gasteiger partial charge in [0.25, 0.3) is 0 Å². The predicted molar refractivity (Wildman–Crippen MR) is 101 cm³/mol. The van der Waals surface area contributed by atoms with Crippen LogP contribution >= 0.6 is 0 Å². The second-order valence-corrected chi connectivity index (χ2v) is 8.40. The Kier molecular flexibility index (Phi) is 9.18. The van der Waals surface area contributed by atoms with E-state index in [2.05, 4.69) is 0 Å². The molecule has 3 heterocycles. The van der Waals surface area contributed by atoms with Crippen LogP contribution in [0.2, 0.25) is 0 Å². The van der Waals surface area contributed by atoms with Crippen molar-refractivity contribution < 1.29 is 79.9 Å². The van der Waals surface area contributed by atoms with Crippen LogP contribution in [0.1, 0.15) is 0 Å². The Balaban J connectivity index is 1.66. The Hall–Kier alpha value is -0.640. The summed E-state index contributed by atoms with van der Waals surface area (Å²) in [6, 6.07) is 0. The Bertz CT molecular complexity index is 655. The fourth-order valence-corrected chi connectivity index (χ4v) is 4.07. The molecule has 0 aliphatic carbocycles. The number of rotatable bonds is 9. The van der Waals surface area contributed by atoms with Crippen molar-refractivity contribution in [1.29, 1.82) is 0 Å². The smallest absolute Gasteiger partial charge is 0.224 e. The summed E-state index contributed by atoms with van der Waals surface area (Å²) >= 11 is 0. The Morgan fingerprint density at radius 3 is 1.85 bits per heavy atom. The standard InChI is InChI=1S/C18H32O16/c19-1-5-8(22)12(26)14(31-5)16(29)30-3-7-9(23)11(25)13(27)17(32-7)34-18(4-21)15(28)10(24)6(2-20)33-18/h5-17,19-29H,1-4H2/t5-,6-,7-,8-,9-,10-,11+,12+,13-,14+,15+,16?,17-,18+/m1/s1. The molecule has 3 saturated heterocycles. The molecule has 3 aliphatic rings. The molecule has 34 heavy (non-hydrogen) atoms. The lowest BCUT2D eigenvalue weighted by atomic mass is 9.98. The second-order valence-electron chi connectivity index (χ2n) is 8.40. The molecule has 0 saturated carbocycles. The SMILES string of the molecule is OC[C@H]1O[C@@](CO)(O[C@H]2O[C@H](COC(O)[C@H]3O[C@H](CO)[C@@H](O)[C@@H]3O)[C@@H](O)[C@H](O)[C@H]2O)[C@@H](O)[C@@H]1O. The average molecular weight is 504 g/mol. The van der Waals surface area contributed by atoms with Gasteiger partial charge in [0.2, 0.25) is 5.79 Å². The Morgan fingerprint density at radius 1 is 0.706 bits per heavy atom. The van der Waals surface area contributed by atoms with Gasteiger partial charge in [-0.05, 0) is 0 Å². The maximum absolute atomic E-state index is 10.3. The Labute approximate surface area is 192 Å². The van der Waals surface area contributed by atoms with E-state index in [1.807, 2.05) is 0 Å². The van der Waals surface area contributed by atoms with Crippen molar-refractivity contribution in [2.75, 3.05) is 26.4 Å². The van der Waals surface area contributed by atoms with Crippen LogP contribution in [0.3, 0.4) is 0 Å². The summed E-state index contributed by atoms with van der Waals surface area (Å²) in [5.41, 5.74) is 0. The van der Waals surface area contributed by atoms with Crippen LogP contribution in [0.4, 0.5) is 0 Å². The molecule has 16 heteroatoms. The third kappa shape index (κ3) is 5.09. The van der Waals surface area contributed by atoms with Crippen LogP contribution in [0.5, 0.6) is 0 Å². The molecule has 200 valence electrons. The van der Waals surface area contributed by atoms with E-state index in [4.69, 9.17) is 28.8 Å². The molecule has 0 spiro atoms. The van der Waals surface area contributed by atoms with Gasteiger partial charge in [-0.3, -0.25) is 0 Å². The molecule has 0 amide bonds. The maximum Gasteiger partial charge on any atom is 0.224 e. The largest absolute Gasteiger partial charge is 0.394 e. The molecule has 11 N–H and O–H groups in total. The van der Waals surface area contributed by atoms with Crippen molar-refractivity contribution in [3.05, 3.63) is 0 Å². The van der Waals surface area contributed by atoms with Crippen molar-refractivity contribution in [3.63, 3.8) is 0 Å². The zero-order chi connectivity index (χ0) is 25.4. The van der Waals surface area contributed by atoms with Crippen molar-refractivity contribution in [3.8, 4) is 0 Å². The normalized spacial score (nSPS) is 50.6. The van der Waals surface area contributed by atoms with Gasteiger partial charge in [0.05, 0.1) is 19.8 Å². The van der Waals surface area contributed by atoms with Gasteiger partial charge < -0.3 is 79.9 Å². The number of hydrogen-bond donors (Lipinski definition) is 11. The van der Waals surface area contributed by atoms with Crippen LogP contribution in [0, 0.1) is 0 Å². The molecule has 3 rings (SSSR count). The lowest BCUT2D eigenvalue weighted by Gasteiger charge is -2.43. The van der Waals surface area contributed by atoms with E-state index in [0.717, 1.165) is 0 Å². The monoisotopic (exact) mass is 504 g/mol. The maximum atomic E-state index is 10.3. The van der Waals surface area contributed by atoms with Crippen molar-refractivity contribution >= 4 is 0 Å². The molecular weight excluding hydrogens is 472 g/mol. The van der Waals surface area contributed by atoms with E-state index in [-0.39, 0.29) is 0 Å². The number of ether oxygens (including phenoxy) is 5. The Morgan fingerprint density at radius 2 is 1.32 bits per heavy atom. The zero-order valence-electron chi connectivity index (χ0n) is 17.8. The van der Waals surface area contributed by atoms with E-state index < -0.39 is 112 Å². The number of hydrogen-bond acceptors (Lipinski definition) is 16. The van der Waals surface area contributed by atoms with Crippen molar-refractivity contribution in [2.24, 2.45) is 0 Å². The molecular formula is C18H32O16. The molecule has 16 nitrogen and oxygen atoms in total. The molecule has 3 aliphatic heterocycles. The van der Waals surface area contributed by atoms with Crippen LogP contribution in [-0.4, -0.2) is 168 Å². The molecule has 14 atom stereocenters. The summed E-state index contributed by atoms with van der Waals surface area (Å²) in [5, 5.41) is 109. The summed E-state index contributed by atoms with van der Waals surface area (Å²) in [6.45, 7) is -3.11. The highest BCUT2D eigenvalue weighted by Crippen LogP contribution is 2.36. The molecule has 3 fully saturated rings.